The molecule has 0 aliphatic carbocycles. The number of hydrogen-bond donors (Lipinski definition) is 2. The Hall–Kier alpha value is -2.08. The zero-order chi connectivity index (χ0) is 16.7. The highest BCUT2D eigenvalue weighted by Gasteiger charge is 2.33. The number of rotatable bonds is 7. The Balaban J connectivity index is 1.85. The second-order valence-electron chi connectivity index (χ2n) is 5.81. The topological polar surface area (TPSA) is 84.9 Å². The molecule has 0 saturated carbocycles. The van der Waals surface area contributed by atoms with Gasteiger partial charge in [-0.05, 0) is 25.3 Å². The molecule has 1 amide bonds. The van der Waals surface area contributed by atoms with Crippen molar-refractivity contribution in [3.63, 3.8) is 0 Å². The normalized spacial score (nSPS) is 19.8. The summed E-state index contributed by atoms with van der Waals surface area (Å²) in [4.78, 5) is 23.0. The Morgan fingerprint density at radius 2 is 2.13 bits per heavy atom. The number of nitrogens with one attached hydrogen (secondary N) is 1. The van der Waals surface area contributed by atoms with Crippen LogP contribution in [0.5, 0.6) is 0 Å². The summed E-state index contributed by atoms with van der Waals surface area (Å²) < 4.78 is 10.8. The van der Waals surface area contributed by atoms with Gasteiger partial charge in [0.2, 0.25) is 0 Å². The van der Waals surface area contributed by atoms with Crippen LogP contribution in [0.2, 0.25) is 0 Å². The highest BCUT2D eigenvalue weighted by molar-refractivity contribution is 5.69. The van der Waals surface area contributed by atoms with Gasteiger partial charge in [-0.15, -0.1) is 0 Å². The standard InChI is InChI=1S/C17H23NO5/c1-12(14(10-16(19)20)15-8-5-9-22-15)18-17(21)23-11-13-6-3-2-4-7-13/h2-4,6-7,12,14-15H,5,8-11H2,1H3,(H,18,21)(H,19,20)/t12-,14-,15+/m0/s1. The quantitative estimate of drug-likeness (QED) is 0.806. The number of carboxylic acid groups (broad SMARTS) is 1. The van der Waals surface area contributed by atoms with Crippen LogP contribution < -0.4 is 5.32 Å². The molecule has 1 aromatic carbocycles. The lowest BCUT2D eigenvalue weighted by Crippen LogP contribution is -2.43. The van der Waals surface area contributed by atoms with E-state index in [9.17, 15) is 9.59 Å². The first kappa shape index (κ1) is 17.3. The van der Waals surface area contributed by atoms with E-state index < -0.39 is 12.1 Å². The lowest BCUT2D eigenvalue weighted by atomic mass is 9.90. The molecule has 23 heavy (non-hydrogen) atoms. The zero-order valence-corrected chi connectivity index (χ0v) is 13.2. The summed E-state index contributed by atoms with van der Waals surface area (Å²) in [5.41, 5.74) is 0.900. The summed E-state index contributed by atoms with van der Waals surface area (Å²) in [7, 11) is 0. The van der Waals surface area contributed by atoms with Gasteiger partial charge in [0.25, 0.3) is 0 Å². The molecule has 1 fully saturated rings. The van der Waals surface area contributed by atoms with Crippen LogP contribution in [0.1, 0.15) is 31.7 Å². The number of carbonyl (C=O) groups is 2. The van der Waals surface area contributed by atoms with Crippen LogP contribution >= 0.6 is 0 Å². The molecule has 1 aromatic rings. The highest BCUT2D eigenvalue weighted by atomic mass is 16.5. The Morgan fingerprint density at radius 3 is 2.74 bits per heavy atom. The van der Waals surface area contributed by atoms with Crippen LogP contribution in [-0.2, 0) is 20.9 Å². The molecule has 6 nitrogen and oxygen atoms in total. The second-order valence-corrected chi connectivity index (χ2v) is 5.81. The van der Waals surface area contributed by atoms with E-state index in [1.54, 1.807) is 6.92 Å². The summed E-state index contributed by atoms with van der Waals surface area (Å²) in [5.74, 6) is -1.16. The minimum Gasteiger partial charge on any atom is -0.481 e. The number of hydrogen-bond acceptors (Lipinski definition) is 4. The summed E-state index contributed by atoms with van der Waals surface area (Å²) >= 11 is 0. The van der Waals surface area contributed by atoms with E-state index in [1.807, 2.05) is 30.3 Å². The van der Waals surface area contributed by atoms with E-state index in [0.29, 0.717) is 6.61 Å². The Morgan fingerprint density at radius 1 is 1.39 bits per heavy atom. The third-order valence-corrected chi connectivity index (χ3v) is 4.05. The molecule has 0 radical (unpaired) electrons. The monoisotopic (exact) mass is 321 g/mol. The maximum absolute atomic E-state index is 11.9. The minimum atomic E-state index is -0.892. The molecule has 0 unspecified atom stereocenters. The van der Waals surface area contributed by atoms with E-state index in [4.69, 9.17) is 14.6 Å². The average Bonchev–Trinajstić information content (AvgIpc) is 3.05. The van der Waals surface area contributed by atoms with Gasteiger partial charge < -0.3 is 19.9 Å². The van der Waals surface area contributed by atoms with E-state index >= 15 is 0 Å². The fourth-order valence-corrected chi connectivity index (χ4v) is 2.83. The largest absolute Gasteiger partial charge is 0.481 e. The molecule has 3 atom stereocenters. The third kappa shape index (κ3) is 5.56. The van der Waals surface area contributed by atoms with Gasteiger partial charge in [0.05, 0.1) is 12.5 Å². The van der Waals surface area contributed by atoms with Crippen molar-refractivity contribution in [2.45, 2.75) is 44.9 Å². The molecule has 1 heterocycles. The third-order valence-electron chi connectivity index (χ3n) is 4.05. The van der Waals surface area contributed by atoms with Crippen molar-refractivity contribution in [3.05, 3.63) is 35.9 Å². The molecule has 6 heteroatoms. The average molecular weight is 321 g/mol. The molecular formula is C17H23NO5. The van der Waals surface area contributed by atoms with Gasteiger partial charge in [-0.1, -0.05) is 30.3 Å². The fraction of sp³-hybridized carbons (Fsp3) is 0.529. The van der Waals surface area contributed by atoms with Crippen LogP contribution in [-0.4, -0.2) is 35.9 Å². The molecule has 2 N–H and O–H groups in total. The molecule has 0 aromatic heterocycles. The molecular weight excluding hydrogens is 298 g/mol. The van der Waals surface area contributed by atoms with Crippen molar-refractivity contribution in [1.29, 1.82) is 0 Å². The lowest BCUT2D eigenvalue weighted by molar-refractivity contribution is -0.139. The molecule has 126 valence electrons. The first-order chi connectivity index (χ1) is 11.1. The number of alkyl carbamates (subject to hydrolysis) is 1. The van der Waals surface area contributed by atoms with Crippen LogP contribution in [0.3, 0.4) is 0 Å². The molecule has 1 aliphatic heterocycles. The first-order valence-corrected chi connectivity index (χ1v) is 7.87. The van der Waals surface area contributed by atoms with Crippen molar-refractivity contribution in [3.8, 4) is 0 Å². The maximum Gasteiger partial charge on any atom is 0.407 e. The number of ether oxygens (including phenoxy) is 2. The van der Waals surface area contributed by atoms with Crippen LogP contribution in [0.15, 0.2) is 30.3 Å². The maximum atomic E-state index is 11.9. The van der Waals surface area contributed by atoms with Gasteiger partial charge in [0, 0.05) is 18.6 Å². The lowest BCUT2D eigenvalue weighted by Gasteiger charge is -2.28. The molecule has 0 bridgehead atoms. The first-order valence-electron chi connectivity index (χ1n) is 7.87. The van der Waals surface area contributed by atoms with Crippen LogP contribution in [0.4, 0.5) is 4.79 Å². The molecule has 2 rings (SSSR count). The zero-order valence-electron chi connectivity index (χ0n) is 13.2. The second kappa shape index (κ2) is 8.53. The Bertz CT molecular complexity index is 513. The van der Waals surface area contributed by atoms with Crippen molar-refractivity contribution in [2.24, 2.45) is 5.92 Å². The SMILES string of the molecule is C[C@H](NC(=O)OCc1ccccc1)[C@H](CC(=O)O)[C@H]1CCCO1. The molecule has 1 saturated heterocycles. The number of carbonyl (C=O) groups excluding carboxylic acids is 1. The summed E-state index contributed by atoms with van der Waals surface area (Å²) in [6.45, 7) is 2.62. The minimum absolute atomic E-state index is 0.0369. The number of amides is 1. The summed E-state index contributed by atoms with van der Waals surface area (Å²) in [5, 5.41) is 11.8. The van der Waals surface area contributed by atoms with Gasteiger partial charge in [-0.25, -0.2) is 4.79 Å². The van der Waals surface area contributed by atoms with Gasteiger partial charge in [-0.2, -0.15) is 0 Å². The molecule has 1 aliphatic rings. The predicted octanol–water partition coefficient (Wildman–Crippen LogP) is 2.57. The molecule has 0 spiro atoms. The van der Waals surface area contributed by atoms with E-state index in [-0.39, 0.29) is 31.1 Å². The van der Waals surface area contributed by atoms with E-state index in [0.717, 1.165) is 18.4 Å². The smallest absolute Gasteiger partial charge is 0.407 e. The van der Waals surface area contributed by atoms with Crippen molar-refractivity contribution in [2.75, 3.05) is 6.61 Å². The highest BCUT2D eigenvalue weighted by Crippen LogP contribution is 2.26. The number of benzene rings is 1. The van der Waals surface area contributed by atoms with E-state index in [1.165, 1.54) is 0 Å². The number of aliphatic carboxylic acids is 1. The number of carboxylic acids is 1. The fourth-order valence-electron chi connectivity index (χ4n) is 2.83. The van der Waals surface area contributed by atoms with Crippen LogP contribution in [0, 0.1) is 5.92 Å². The van der Waals surface area contributed by atoms with Crippen molar-refractivity contribution in [1.82, 2.24) is 5.32 Å². The van der Waals surface area contributed by atoms with E-state index in [2.05, 4.69) is 5.32 Å². The van der Waals surface area contributed by atoms with Crippen LogP contribution in [0.25, 0.3) is 0 Å². The summed E-state index contributed by atoms with van der Waals surface area (Å²) in [6.07, 6.45) is 1.03. The summed E-state index contributed by atoms with van der Waals surface area (Å²) in [6, 6.07) is 9.05. The van der Waals surface area contributed by atoms with Gasteiger partial charge >= 0.3 is 12.1 Å². The van der Waals surface area contributed by atoms with Crippen molar-refractivity contribution >= 4 is 12.1 Å². The predicted molar refractivity (Wildman–Crippen MR) is 83.9 cm³/mol. The van der Waals surface area contributed by atoms with Gasteiger partial charge in [0.1, 0.15) is 6.61 Å². The Kier molecular flexibility index (Phi) is 6.40. The van der Waals surface area contributed by atoms with Crippen molar-refractivity contribution < 1.29 is 24.2 Å². The van der Waals surface area contributed by atoms with Gasteiger partial charge in [0.15, 0.2) is 0 Å². The Labute approximate surface area is 135 Å². The van der Waals surface area contributed by atoms with Gasteiger partial charge in [-0.3, -0.25) is 4.79 Å².